The first-order valence-electron chi connectivity index (χ1n) is 6.82. The third kappa shape index (κ3) is 3.86. The van der Waals surface area contributed by atoms with Crippen LogP contribution in [0.5, 0.6) is 0 Å². The van der Waals surface area contributed by atoms with Gasteiger partial charge in [-0.15, -0.1) is 0 Å². The van der Waals surface area contributed by atoms with E-state index in [1.807, 2.05) is 12.1 Å². The van der Waals surface area contributed by atoms with Crippen LogP contribution >= 0.6 is 11.6 Å². The maximum Gasteiger partial charge on any atom is 0.152 e. The predicted octanol–water partition coefficient (Wildman–Crippen LogP) is 2.47. The van der Waals surface area contributed by atoms with Crippen molar-refractivity contribution in [3.05, 3.63) is 41.7 Å². The predicted molar refractivity (Wildman–Crippen MR) is 87.4 cm³/mol. The van der Waals surface area contributed by atoms with E-state index in [1.54, 1.807) is 18.2 Å². The zero-order valence-corrected chi connectivity index (χ0v) is 13.2. The lowest BCUT2D eigenvalue weighted by Crippen LogP contribution is -2.21. The summed E-state index contributed by atoms with van der Waals surface area (Å²) < 4.78 is 22.9. The highest BCUT2D eigenvalue weighted by atomic mass is 35.5. The molecule has 1 aliphatic heterocycles. The largest absolute Gasteiger partial charge is 0.366 e. The Hall–Kier alpha value is -1.86. The van der Waals surface area contributed by atoms with Crippen LogP contribution in [-0.4, -0.2) is 35.9 Å². The fourth-order valence-electron chi connectivity index (χ4n) is 2.34. The van der Waals surface area contributed by atoms with Crippen molar-refractivity contribution in [3.8, 4) is 0 Å². The smallest absolute Gasteiger partial charge is 0.152 e. The van der Waals surface area contributed by atoms with Crippen molar-refractivity contribution in [3.63, 3.8) is 0 Å². The van der Waals surface area contributed by atoms with Gasteiger partial charge < -0.3 is 10.6 Å². The number of rotatable bonds is 4. The summed E-state index contributed by atoms with van der Waals surface area (Å²) in [6, 6.07) is 8.95. The van der Waals surface area contributed by atoms with Crippen LogP contribution in [0.3, 0.4) is 0 Å². The molecule has 6 nitrogen and oxygen atoms in total. The third-order valence-corrected chi connectivity index (χ3v) is 5.35. The number of nitrogens with one attached hydrogen (secondary N) is 2. The molecule has 2 aromatic rings. The van der Waals surface area contributed by atoms with Crippen LogP contribution in [0.15, 0.2) is 36.7 Å². The number of aromatic nitrogens is 2. The first kappa shape index (κ1) is 15.1. The van der Waals surface area contributed by atoms with Gasteiger partial charge >= 0.3 is 0 Å². The minimum atomic E-state index is -2.92. The normalized spacial score (nSPS) is 19.8. The molecule has 1 aliphatic rings. The van der Waals surface area contributed by atoms with Crippen molar-refractivity contribution < 1.29 is 8.42 Å². The number of sulfone groups is 1. The molecule has 2 N–H and O–H groups in total. The lowest BCUT2D eigenvalue weighted by Gasteiger charge is -2.12. The van der Waals surface area contributed by atoms with Crippen LogP contribution in [0.25, 0.3) is 0 Å². The van der Waals surface area contributed by atoms with Gasteiger partial charge in [0, 0.05) is 22.8 Å². The second-order valence-corrected chi connectivity index (χ2v) is 7.83. The molecule has 1 fully saturated rings. The minimum absolute atomic E-state index is 0.0982. The van der Waals surface area contributed by atoms with Crippen molar-refractivity contribution in [1.29, 1.82) is 0 Å². The summed E-state index contributed by atoms with van der Waals surface area (Å²) in [6.45, 7) is 0. The second-order valence-electron chi connectivity index (χ2n) is 5.17. The first-order chi connectivity index (χ1) is 10.5. The molecule has 0 spiro atoms. The Bertz CT molecular complexity index is 782. The average molecular weight is 339 g/mol. The Morgan fingerprint density at radius 1 is 1.18 bits per heavy atom. The van der Waals surface area contributed by atoms with Crippen LogP contribution < -0.4 is 10.6 Å². The van der Waals surface area contributed by atoms with E-state index in [4.69, 9.17) is 11.6 Å². The third-order valence-electron chi connectivity index (χ3n) is 3.35. The average Bonchev–Trinajstić information content (AvgIpc) is 2.78. The fourth-order valence-corrected chi connectivity index (χ4v) is 4.20. The van der Waals surface area contributed by atoms with Gasteiger partial charge in [-0.25, -0.2) is 18.4 Å². The molecule has 22 heavy (non-hydrogen) atoms. The van der Waals surface area contributed by atoms with Gasteiger partial charge in [-0.1, -0.05) is 17.7 Å². The van der Waals surface area contributed by atoms with Crippen LogP contribution in [0, 0.1) is 0 Å². The molecule has 1 saturated heterocycles. The van der Waals surface area contributed by atoms with Gasteiger partial charge in [-0.05, 0) is 24.6 Å². The minimum Gasteiger partial charge on any atom is -0.366 e. The first-order valence-corrected chi connectivity index (χ1v) is 9.02. The molecule has 1 unspecified atom stereocenters. The molecule has 0 amide bonds. The Labute approximate surface area is 133 Å². The highest BCUT2D eigenvalue weighted by Crippen LogP contribution is 2.21. The molecule has 0 saturated carbocycles. The molecule has 116 valence electrons. The quantitative estimate of drug-likeness (QED) is 0.891. The standard InChI is InChI=1S/C14H15ClN4O2S/c15-10-2-1-3-11(6-10)18-13-7-14(17-9-16-13)19-12-4-5-22(20,21)8-12/h1-3,6-7,9,12H,4-5,8H2,(H2,16,17,18,19). The molecule has 3 rings (SSSR count). The number of anilines is 3. The molecular weight excluding hydrogens is 324 g/mol. The Kier molecular flexibility index (Phi) is 4.17. The van der Waals surface area contributed by atoms with Crippen LogP contribution in [0.2, 0.25) is 5.02 Å². The van der Waals surface area contributed by atoms with E-state index in [-0.39, 0.29) is 17.5 Å². The van der Waals surface area contributed by atoms with Gasteiger partial charge in [-0.3, -0.25) is 0 Å². The molecule has 0 bridgehead atoms. The van der Waals surface area contributed by atoms with Crippen molar-refractivity contribution >= 4 is 38.8 Å². The highest BCUT2D eigenvalue weighted by molar-refractivity contribution is 7.91. The van der Waals surface area contributed by atoms with E-state index < -0.39 is 9.84 Å². The Balaban J connectivity index is 1.70. The number of benzene rings is 1. The van der Waals surface area contributed by atoms with Crippen LogP contribution in [0.1, 0.15) is 6.42 Å². The maximum absolute atomic E-state index is 11.5. The molecule has 8 heteroatoms. The van der Waals surface area contributed by atoms with Gasteiger partial charge in [-0.2, -0.15) is 0 Å². The number of nitrogens with zero attached hydrogens (tertiary/aromatic N) is 2. The summed E-state index contributed by atoms with van der Waals surface area (Å²) in [6.07, 6.45) is 2.03. The highest BCUT2D eigenvalue weighted by Gasteiger charge is 2.27. The summed E-state index contributed by atoms with van der Waals surface area (Å²) >= 11 is 5.94. The van der Waals surface area contributed by atoms with Crippen molar-refractivity contribution in [2.24, 2.45) is 0 Å². The van der Waals surface area contributed by atoms with Crippen molar-refractivity contribution in [1.82, 2.24) is 9.97 Å². The van der Waals surface area contributed by atoms with E-state index >= 15 is 0 Å². The van der Waals surface area contributed by atoms with Crippen LogP contribution in [0.4, 0.5) is 17.3 Å². The summed E-state index contributed by atoms with van der Waals surface area (Å²) in [4.78, 5) is 8.27. The van der Waals surface area contributed by atoms with Gasteiger partial charge in [0.05, 0.1) is 11.5 Å². The summed E-state index contributed by atoms with van der Waals surface area (Å²) in [5, 5.41) is 6.90. The summed E-state index contributed by atoms with van der Waals surface area (Å²) in [5.74, 6) is 1.58. The van der Waals surface area contributed by atoms with Gasteiger partial charge in [0.25, 0.3) is 0 Å². The molecule has 0 aliphatic carbocycles. The number of hydrogen-bond acceptors (Lipinski definition) is 6. The van der Waals surface area contributed by atoms with E-state index in [2.05, 4.69) is 20.6 Å². The monoisotopic (exact) mass is 338 g/mol. The topological polar surface area (TPSA) is 84.0 Å². The Morgan fingerprint density at radius 3 is 2.73 bits per heavy atom. The van der Waals surface area contributed by atoms with Gasteiger partial charge in [0.1, 0.15) is 18.0 Å². The van der Waals surface area contributed by atoms with E-state index in [0.29, 0.717) is 23.1 Å². The fraction of sp³-hybridized carbons (Fsp3) is 0.286. The Morgan fingerprint density at radius 2 is 2.00 bits per heavy atom. The van der Waals surface area contributed by atoms with E-state index in [9.17, 15) is 8.42 Å². The van der Waals surface area contributed by atoms with Gasteiger partial charge in [0.15, 0.2) is 9.84 Å². The molecule has 2 heterocycles. The van der Waals surface area contributed by atoms with Crippen LogP contribution in [-0.2, 0) is 9.84 Å². The molecule has 1 aromatic heterocycles. The molecule has 1 atom stereocenters. The SMILES string of the molecule is O=S1(=O)CCC(Nc2cc(Nc3cccc(Cl)c3)ncn2)C1. The lowest BCUT2D eigenvalue weighted by atomic mass is 10.2. The number of halogens is 1. The lowest BCUT2D eigenvalue weighted by molar-refractivity contribution is 0.602. The van der Waals surface area contributed by atoms with Gasteiger partial charge in [0.2, 0.25) is 0 Å². The zero-order valence-electron chi connectivity index (χ0n) is 11.7. The van der Waals surface area contributed by atoms with Crippen molar-refractivity contribution in [2.45, 2.75) is 12.5 Å². The summed E-state index contributed by atoms with van der Waals surface area (Å²) in [7, 11) is -2.92. The zero-order chi connectivity index (χ0) is 15.6. The number of hydrogen-bond donors (Lipinski definition) is 2. The van der Waals surface area contributed by atoms with E-state index in [0.717, 1.165) is 5.69 Å². The maximum atomic E-state index is 11.5. The molecule has 0 radical (unpaired) electrons. The van der Waals surface area contributed by atoms with Crippen molar-refractivity contribution in [2.75, 3.05) is 22.1 Å². The van der Waals surface area contributed by atoms with E-state index in [1.165, 1.54) is 6.33 Å². The summed E-state index contributed by atoms with van der Waals surface area (Å²) in [5.41, 5.74) is 0.820. The molecule has 1 aromatic carbocycles. The molecular formula is C14H15ClN4O2S. The second kappa shape index (κ2) is 6.10.